The maximum Gasteiger partial charge on any atom is 0.337 e. The molecule has 0 aliphatic rings. The van der Waals surface area contributed by atoms with Gasteiger partial charge in [-0.15, -0.1) is 0 Å². The van der Waals surface area contributed by atoms with Crippen molar-refractivity contribution in [1.82, 2.24) is 4.98 Å². The molecule has 3 nitrogen and oxygen atoms in total. The molecule has 0 fully saturated rings. The Labute approximate surface area is 104 Å². The Hall–Kier alpha value is -1.87. The lowest BCUT2D eigenvalue weighted by Crippen LogP contribution is -2.00. The van der Waals surface area contributed by atoms with Crippen LogP contribution >= 0.6 is 11.6 Å². The van der Waals surface area contributed by atoms with Gasteiger partial charge in [0.1, 0.15) is 0 Å². The number of ether oxygens (including phenoxy) is 1. The summed E-state index contributed by atoms with van der Waals surface area (Å²) < 4.78 is 4.67. The average molecular weight is 248 g/mol. The topological polar surface area (TPSA) is 39.2 Å². The van der Waals surface area contributed by atoms with Gasteiger partial charge in [-0.2, -0.15) is 0 Å². The van der Waals surface area contributed by atoms with E-state index in [9.17, 15) is 4.79 Å². The number of hydrogen-bond donors (Lipinski definition) is 0. The highest BCUT2D eigenvalue weighted by Gasteiger charge is 2.07. The van der Waals surface area contributed by atoms with Crippen LogP contribution in [0.2, 0.25) is 5.02 Å². The van der Waals surface area contributed by atoms with Gasteiger partial charge in [-0.1, -0.05) is 23.7 Å². The van der Waals surface area contributed by atoms with E-state index in [4.69, 9.17) is 11.6 Å². The van der Waals surface area contributed by atoms with Gasteiger partial charge in [-0.25, -0.2) is 4.79 Å². The van der Waals surface area contributed by atoms with Gasteiger partial charge in [0.05, 0.1) is 23.4 Å². The molecule has 0 saturated heterocycles. The monoisotopic (exact) mass is 247 g/mol. The third-order valence-electron chi connectivity index (χ3n) is 2.31. The summed E-state index contributed by atoms with van der Waals surface area (Å²) in [6.45, 7) is 0. The minimum atomic E-state index is -0.360. The molecule has 0 aliphatic carbocycles. The van der Waals surface area contributed by atoms with E-state index in [1.54, 1.807) is 36.5 Å². The van der Waals surface area contributed by atoms with E-state index in [0.29, 0.717) is 10.6 Å². The number of pyridine rings is 1. The Kier molecular flexibility index (Phi) is 3.40. The van der Waals surface area contributed by atoms with Crippen molar-refractivity contribution < 1.29 is 9.53 Å². The summed E-state index contributed by atoms with van der Waals surface area (Å²) in [6.07, 6.45) is 1.57. The van der Waals surface area contributed by atoms with Crippen LogP contribution < -0.4 is 0 Å². The van der Waals surface area contributed by atoms with Gasteiger partial charge in [0.2, 0.25) is 0 Å². The summed E-state index contributed by atoms with van der Waals surface area (Å²) in [5, 5.41) is 0.581. The van der Waals surface area contributed by atoms with Crippen LogP contribution in [0, 0.1) is 0 Å². The molecule has 1 aromatic heterocycles. The van der Waals surface area contributed by atoms with Crippen molar-refractivity contribution in [2.75, 3.05) is 7.11 Å². The fraction of sp³-hybridized carbons (Fsp3) is 0.0769. The molecule has 0 aliphatic heterocycles. The fourth-order valence-corrected chi connectivity index (χ4v) is 1.58. The van der Waals surface area contributed by atoms with E-state index >= 15 is 0 Å². The van der Waals surface area contributed by atoms with Crippen molar-refractivity contribution in [2.45, 2.75) is 0 Å². The number of benzene rings is 1. The zero-order chi connectivity index (χ0) is 12.3. The molecule has 0 N–H and O–H groups in total. The van der Waals surface area contributed by atoms with Gasteiger partial charge < -0.3 is 4.74 Å². The predicted molar refractivity (Wildman–Crippen MR) is 66.0 cm³/mol. The Morgan fingerprint density at radius 1 is 1.29 bits per heavy atom. The van der Waals surface area contributed by atoms with Crippen LogP contribution in [-0.4, -0.2) is 18.1 Å². The van der Waals surface area contributed by atoms with E-state index < -0.39 is 0 Å². The molecule has 0 amide bonds. The van der Waals surface area contributed by atoms with Crippen molar-refractivity contribution >= 4 is 17.6 Å². The molecule has 2 aromatic rings. The molecule has 1 heterocycles. The summed E-state index contributed by atoms with van der Waals surface area (Å²) in [6, 6.07) is 10.7. The molecule has 0 saturated carbocycles. The van der Waals surface area contributed by atoms with E-state index in [1.165, 1.54) is 7.11 Å². The highest BCUT2D eigenvalue weighted by molar-refractivity contribution is 6.30. The highest BCUT2D eigenvalue weighted by atomic mass is 35.5. The summed E-state index contributed by atoms with van der Waals surface area (Å²) in [4.78, 5) is 15.6. The lowest BCUT2D eigenvalue weighted by molar-refractivity contribution is 0.0601. The second kappa shape index (κ2) is 4.97. The van der Waals surface area contributed by atoms with Crippen molar-refractivity contribution in [2.24, 2.45) is 0 Å². The first-order valence-electron chi connectivity index (χ1n) is 5.01. The minimum Gasteiger partial charge on any atom is -0.465 e. The fourth-order valence-electron chi connectivity index (χ4n) is 1.47. The van der Waals surface area contributed by atoms with E-state index in [1.807, 2.05) is 6.07 Å². The second-order valence-electron chi connectivity index (χ2n) is 3.43. The number of carbonyl (C=O) groups is 1. The second-order valence-corrected chi connectivity index (χ2v) is 3.87. The molecule has 0 atom stereocenters. The lowest BCUT2D eigenvalue weighted by Gasteiger charge is -2.03. The zero-order valence-electron chi connectivity index (χ0n) is 9.18. The number of rotatable bonds is 2. The maximum absolute atomic E-state index is 11.4. The Bertz CT molecular complexity index is 537. The average Bonchev–Trinajstić information content (AvgIpc) is 2.39. The zero-order valence-corrected chi connectivity index (χ0v) is 9.94. The number of carbonyl (C=O) groups excluding carboxylic acids is 1. The van der Waals surface area contributed by atoms with Crippen molar-refractivity contribution in [3.05, 3.63) is 53.2 Å². The first kappa shape index (κ1) is 11.6. The van der Waals surface area contributed by atoms with Gasteiger partial charge in [-0.05, 0) is 24.3 Å². The third kappa shape index (κ3) is 2.63. The number of esters is 1. The van der Waals surface area contributed by atoms with Crippen LogP contribution in [0.25, 0.3) is 11.3 Å². The molecule has 0 unspecified atom stereocenters. The minimum absolute atomic E-state index is 0.360. The molecule has 2 rings (SSSR count). The number of halogens is 1. The molecule has 86 valence electrons. The number of hydrogen-bond acceptors (Lipinski definition) is 3. The quantitative estimate of drug-likeness (QED) is 0.765. The summed E-state index contributed by atoms with van der Waals surface area (Å²) in [5.74, 6) is -0.360. The molecular weight excluding hydrogens is 238 g/mol. The van der Waals surface area contributed by atoms with Crippen LogP contribution in [0.3, 0.4) is 0 Å². The summed E-state index contributed by atoms with van der Waals surface area (Å²) in [7, 11) is 1.36. The molecular formula is C13H10ClNO2. The Morgan fingerprint density at radius 2 is 2.12 bits per heavy atom. The standard InChI is InChI=1S/C13H10ClNO2/c1-17-13(16)10-4-2-3-9(7-10)12-6-5-11(14)8-15-12/h2-8H,1H3. The van der Waals surface area contributed by atoms with E-state index in [2.05, 4.69) is 9.72 Å². The first-order chi connectivity index (χ1) is 8.20. The highest BCUT2D eigenvalue weighted by Crippen LogP contribution is 2.20. The van der Waals surface area contributed by atoms with E-state index in [0.717, 1.165) is 11.3 Å². The van der Waals surface area contributed by atoms with Gasteiger partial charge in [-0.3, -0.25) is 4.98 Å². The number of methoxy groups -OCH3 is 1. The maximum atomic E-state index is 11.4. The van der Waals surface area contributed by atoms with Gasteiger partial charge >= 0.3 is 5.97 Å². The van der Waals surface area contributed by atoms with Gasteiger partial charge in [0.25, 0.3) is 0 Å². The molecule has 4 heteroatoms. The van der Waals surface area contributed by atoms with Crippen LogP contribution in [0.4, 0.5) is 0 Å². The molecule has 0 spiro atoms. The van der Waals surface area contributed by atoms with Crippen molar-refractivity contribution in [1.29, 1.82) is 0 Å². The number of aromatic nitrogens is 1. The molecule has 17 heavy (non-hydrogen) atoms. The van der Waals surface area contributed by atoms with Crippen LogP contribution in [0.15, 0.2) is 42.6 Å². The molecule has 0 radical (unpaired) electrons. The Balaban J connectivity index is 2.39. The SMILES string of the molecule is COC(=O)c1cccc(-c2ccc(Cl)cn2)c1. The predicted octanol–water partition coefficient (Wildman–Crippen LogP) is 3.19. The van der Waals surface area contributed by atoms with E-state index in [-0.39, 0.29) is 5.97 Å². The van der Waals surface area contributed by atoms with Crippen LogP contribution in [-0.2, 0) is 4.74 Å². The Morgan fingerprint density at radius 3 is 2.76 bits per heavy atom. The van der Waals surface area contributed by atoms with Gasteiger partial charge in [0.15, 0.2) is 0 Å². The van der Waals surface area contributed by atoms with Crippen molar-refractivity contribution in [3.63, 3.8) is 0 Å². The first-order valence-corrected chi connectivity index (χ1v) is 5.39. The molecule has 1 aromatic carbocycles. The smallest absolute Gasteiger partial charge is 0.337 e. The van der Waals surface area contributed by atoms with Crippen molar-refractivity contribution in [3.8, 4) is 11.3 Å². The summed E-state index contributed by atoms with van der Waals surface area (Å²) >= 11 is 5.77. The number of nitrogens with zero attached hydrogens (tertiary/aromatic N) is 1. The van der Waals surface area contributed by atoms with Crippen LogP contribution in [0.1, 0.15) is 10.4 Å². The molecule has 0 bridgehead atoms. The van der Waals surface area contributed by atoms with Gasteiger partial charge in [0, 0.05) is 11.8 Å². The normalized spacial score (nSPS) is 10.0. The lowest BCUT2D eigenvalue weighted by atomic mass is 10.1. The van der Waals surface area contributed by atoms with Crippen LogP contribution in [0.5, 0.6) is 0 Å². The summed E-state index contributed by atoms with van der Waals surface area (Å²) in [5.41, 5.74) is 2.12. The largest absolute Gasteiger partial charge is 0.465 e. The third-order valence-corrected chi connectivity index (χ3v) is 2.53.